The van der Waals surface area contributed by atoms with Crippen LogP contribution in [0.5, 0.6) is 0 Å². The number of nitrogens with zero attached hydrogens (tertiary/aromatic N) is 3. The first-order chi connectivity index (χ1) is 13.7. The lowest BCUT2D eigenvalue weighted by Gasteiger charge is -2.27. The van der Waals surface area contributed by atoms with Gasteiger partial charge < -0.3 is 10.6 Å². The molecule has 0 bridgehead atoms. The van der Waals surface area contributed by atoms with Crippen LogP contribution in [0, 0.1) is 5.82 Å². The normalized spacial score (nSPS) is 15.9. The molecule has 1 atom stereocenters. The molecule has 0 aliphatic carbocycles. The zero-order chi connectivity index (χ0) is 19.1. The molecular formula is C21H16FN5O. The van der Waals surface area contributed by atoms with E-state index in [0.29, 0.717) is 22.7 Å². The first-order valence-electron chi connectivity index (χ1n) is 8.94. The summed E-state index contributed by atoms with van der Waals surface area (Å²) in [6, 6.07) is 17.5. The summed E-state index contributed by atoms with van der Waals surface area (Å²) in [4.78, 5) is 16.7. The molecule has 2 N–H and O–H groups in total. The average molecular weight is 373 g/mol. The number of carbonyl (C=O) groups excluding carboxylic acids is 1. The van der Waals surface area contributed by atoms with Gasteiger partial charge in [-0.25, -0.2) is 9.37 Å². The fourth-order valence-electron chi connectivity index (χ4n) is 3.54. The van der Waals surface area contributed by atoms with Gasteiger partial charge in [-0.15, -0.1) is 0 Å². The summed E-state index contributed by atoms with van der Waals surface area (Å²) in [5, 5.41) is 10.6. The first kappa shape index (κ1) is 16.4. The molecule has 2 aromatic heterocycles. The van der Waals surface area contributed by atoms with Crippen molar-refractivity contribution in [1.82, 2.24) is 14.6 Å². The van der Waals surface area contributed by atoms with Gasteiger partial charge in [0.2, 0.25) is 5.91 Å². The van der Waals surface area contributed by atoms with Crippen LogP contribution in [0.15, 0.2) is 66.9 Å². The molecule has 138 valence electrons. The van der Waals surface area contributed by atoms with Gasteiger partial charge in [0.05, 0.1) is 24.4 Å². The van der Waals surface area contributed by atoms with Crippen LogP contribution in [-0.2, 0) is 4.79 Å². The highest BCUT2D eigenvalue weighted by molar-refractivity contribution is 5.95. The van der Waals surface area contributed by atoms with Gasteiger partial charge in [0.25, 0.3) is 0 Å². The summed E-state index contributed by atoms with van der Waals surface area (Å²) in [7, 11) is 0. The number of para-hydroxylation sites is 1. The number of anilines is 2. The molecule has 5 rings (SSSR count). The Balaban J connectivity index is 1.61. The van der Waals surface area contributed by atoms with E-state index in [1.807, 2.05) is 24.3 Å². The number of aromatic nitrogens is 3. The van der Waals surface area contributed by atoms with Crippen LogP contribution in [0.1, 0.15) is 18.0 Å². The highest BCUT2D eigenvalue weighted by atomic mass is 19.1. The average Bonchev–Trinajstić information content (AvgIpc) is 3.17. The van der Waals surface area contributed by atoms with Gasteiger partial charge in [-0.2, -0.15) is 9.61 Å². The molecule has 1 aliphatic heterocycles. The van der Waals surface area contributed by atoms with E-state index in [2.05, 4.69) is 20.7 Å². The summed E-state index contributed by atoms with van der Waals surface area (Å²) in [6.07, 6.45) is 1.93. The summed E-state index contributed by atoms with van der Waals surface area (Å²) >= 11 is 0. The van der Waals surface area contributed by atoms with Crippen molar-refractivity contribution in [3.63, 3.8) is 0 Å². The van der Waals surface area contributed by atoms with E-state index in [0.717, 1.165) is 11.3 Å². The zero-order valence-corrected chi connectivity index (χ0v) is 14.8. The van der Waals surface area contributed by atoms with Crippen molar-refractivity contribution in [2.24, 2.45) is 0 Å². The minimum atomic E-state index is -0.341. The van der Waals surface area contributed by atoms with Crippen LogP contribution in [0.2, 0.25) is 0 Å². The van der Waals surface area contributed by atoms with Gasteiger partial charge >= 0.3 is 0 Å². The van der Waals surface area contributed by atoms with Crippen molar-refractivity contribution in [3.8, 4) is 11.3 Å². The Bertz CT molecular complexity index is 1200. The molecule has 7 heteroatoms. The van der Waals surface area contributed by atoms with Gasteiger partial charge in [-0.05, 0) is 23.8 Å². The van der Waals surface area contributed by atoms with Crippen LogP contribution >= 0.6 is 0 Å². The van der Waals surface area contributed by atoms with Crippen LogP contribution in [0.4, 0.5) is 15.9 Å². The molecule has 1 amide bonds. The number of fused-ring (bicyclic) bond motifs is 2. The largest absolute Gasteiger partial charge is 0.362 e. The molecule has 1 aliphatic rings. The fourth-order valence-corrected chi connectivity index (χ4v) is 3.54. The van der Waals surface area contributed by atoms with Crippen LogP contribution in [0.3, 0.4) is 0 Å². The lowest BCUT2D eigenvalue weighted by molar-refractivity contribution is -0.116. The number of nitrogens with one attached hydrogen (secondary N) is 2. The standard InChI is InChI=1S/C21H16FN5O/c22-15-7-3-1-5-13(15)17-11-20(27-19(24-17)9-10-23-27)25-18-12-21(28)26-16-8-4-2-6-14(16)18/h1-11,18,25H,12H2,(H,26,28)/t18-/m1/s1. The third kappa shape index (κ3) is 2.77. The number of carbonyl (C=O) groups is 1. The molecule has 0 fully saturated rings. The quantitative estimate of drug-likeness (QED) is 0.569. The molecule has 0 radical (unpaired) electrons. The monoisotopic (exact) mass is 373 g/mol. The SMILES string of the molecule is O=C1C[C@@H](Nc2cc(-c3ccccc3F)nc3ccnn23)c2ccccc2N1. The van der Waals surface area contributed by atoms with Crippen LogP contribution in [0.25, 0.3) is 16.9 Å². The van der Waals surface area contributed by atoms with Crippen molar-refractivity contribution in [1.29, 1.82) is 0 Å². The third-order valence-corrected chi connectivity index (χ3v) is 4.83. The lowest BCUT2D eigenvalue weighted by atomic mass is 9.97. The summed E-state index contributed by atoms with van der Waals surface area (Å²) in [6.45, 7) is 0. The number of benzene rings is 2. The predicted molar refractivity (Wildman–Crippen MR) is 104 cm³/mol. The van der Waals surface area contributed by atoms with Crippen molar-refractivity contribution in [3.05, 3.63) is 78.2 Å². The molecule has 3 heterocycles. The zero-order valence-electron chi connectivity index (χ0n) is 14.8. The molecule has 0 spiro atoms. The lowest BCUT2D eigenvalue weighted by Crippen LogP contribution is -2.27. The summed E-state index contributed by atoms with van der Waals surface area (Å²) in [5.41, 5.74) is 3.29. The number of hydrogen-bond acceptors (Lipinski definition) is 4. The number of rotatable bonds is 3. The Kier molecular flexibility index (Phi) is 3.79. The Morgan fingerprint density at radius 1 is 1.11 bits per heavy atom. The van der Waals surface area contributed by atoms with Gasteiger partial charge in [0.15, 0.2) is 5.65 Å². The second-order valence-electron chi connectivity index (χ2n) is 6.64. The molecule has 4 aromatic rings. The van der Waals surface area contributed by atoms with E-state index in [1.54, 1.807) is 41.0 Å². The highest BCUT2D eigenvalue weighted by Crippen LogP contribution is 2.34. The van der Waals surface area contributed by atoms with Crippen LogP contribution < -0.4 is 10.6 Å². The van der Waals surface area contributed by atoms with Crippen molar-refractivity contribution < 1.29 is 9.18 Å². The van der Waals surface area contributed by atoms with Crippen molar-refractivity contribution in [2.45, 2.75) is 12.5 Å². The maximum absolute atomic E-state index is 14.3. The van der Waals surface area contributed by atoms with Crippen molar-refractivity contribution >= 4 is 23.1 Å². The third-order valence-electron chi connectivity index (χ3n) is 4.83. The van der Waals surface area contributed by atoms with E-state index in [1.165, 1.54) is 6.07 Å². The van der Waals surface area contributed by atoms with Gasteiger partial charge in [-0.3, -0.25) is 4.79 Å². The van der Waals surface area contributed by atoms with Gasteiger partial charge in [0.1, 0.15) is 11.6 Å². The number of halogens is 1. The van der Waals surface area contributed by atoms with Crippen LogP contribution in [-0.4, -0.2) is 20.5 Å². The summed E-state index contributed by atoms with van der Waals surface area (Å²) < 4.78 is 16.0. The topological polar surface area (TPSA) is 71.3 Å². The molecule has 0 saturated carbocycles. The number of amides is 1. The molecule has 2 aromatic carbocycles. The smallest absolute Gasteiger partial charge is 0.226 e. The van der Waals surface area contributed by atoms with Gasteiger partial charge in [-0.1, -0.05) is 30.3 Å². The van der Waals surface area contributed by atoms with E-state index in [9.17, 15) is 9.18 Å². The molecule has 6 nitrogen and oxygen atoms in total. The summed E-state index contributed by atoms with van der Waals surface area (Å²) in [5.74, 6) is 0.242. The number of hydrogen-bond donors (Lipinski definition) is 2. The Morgan fingerprint density at radius 2 is 1.93 bits per heavy atom. The first-order valence-corrected chi connectivity index (χ1v) is 8.94. The minimum Gasteiger partial charge on any atom is -0.362 e. The van der Waals surface area contributed by atoms with Crippen molar-refractivity contribution in [2.75, 3.05) is 10.6 Å². The highest BCUT2D eigenvalue weighted by Gasteiger charge is 2.25. The molecular weight excluding hydrogens is 357 g/mol. The maximum Gasteiger partial charge on any atom is 0.226 e. The van der Waals surface area contributed by atoms with Gasteiger partial charge in [0, 0.05) is 23.4 Å². The molecule has 0 unspecified atom stereocenters. The predicted octanol–water partition coefficient (Wildman–Crippen LogP) is 4.03. The van der Waals surface area contributed by atoms with E-state index < -0.39 is 0 Å². The molecule has 28 heavy (non-hydrogen) atoms. The molecule has 0 saturated heterocycles. The Labute approximate surface area is 160 Å². The second kappa shape index (κ2) is 6.45. The van der Waals surface area contributed by atoms with E-state index in [4.69, 9.17) is 0 Å². The maximum atomic E-state index is 14.3. The fraction of sp³-hybridized carbons (Fsp3) is 0.0952. The van der Waals surface area contributed by atoms with E-state index in [-0.39, 0.29) is 24.2 Å². The Hall–Kier alpha value is -3.74. The second-order valence-corrected chi connectivity index (χ2v) is 6.64. The van der Waals surface area contributed by atoms with E-state index >= 15 is 0 Å². The Morgan fingerprint density at radius 3 is 2.82 bits per heavy atom. The minimum absolute atomic E-state index is 0.0590.